The Labute approximate surface area is 124 Å². The number of unbranched alkanes of at least 4 members (excludes halogenated alkanes) is 4. The van der Waals surface area contributed by atoms with E-state index in [2.05, 4.69) is 26.0 Å². The van der Waals surface area contributed by atoms with E-state index in [0.29, 0.717) is 0 Å². The largest absolute Gasteiger partial charge is 0.481 e. The molecule has 1 rings (SSSR count). The van der Waals surface area contributed by atoms with Gasteiger partial charge in [0.1, 0.15) is 0 Å². The molecule has 0 bridgehead atoms. The number of carboxylic acid groups (broad SMARTS) is 1. The summed E-state index contributed by atoms with van der Waals surface area (Å²) >= 11 is 0. The van der Waals surface area contributed by atoms with Gasteiger partial charge in [-0.15, -0.1) is 0 Å². The van der Waals surface area contributed by atoms with Gasteiger partial charge in [-0.25, -0.2) is 0 Å². The topological polar surface area (TPSA) is 37.3 Å². The highest BCUT2D eigenvalue weighted by Crippen LogP contribution is 2.41. The van der Waals surface area contributed by atoms with Crippen molar-refractivity contribution >= 4 is 5.97 Å². The molecule has 0 unspecified atom stereocenters. The highest BCUT2D eigenvalue weighted by Gasteiger charge is 2.28. The lowest BCUT2D eigenvalue weighted by Crippen LogP contribution is -2.20. The van der Waals surface area contributed by atoms with Crippen molar-refractivity contribution in [1.29, 1.82) is 0 Å². The van der Waals surface area contributed by atoms with Gasteiger partial charge in [-0.2, -0.15) is 0 Å². The van der Waals surface area contributed by atoms with Gasteiger partial charge in [0, 0.05) is 0 Å². The van der Waals surface area contributed by atoms with Crippen LogP contribution in [0.25, 0.3) is 0 Å². The molecule has 0 saturated heterocycles. The van der Waals surface area contributed by atoms with Gasteiger partial charge in [-0.3, -0.25) is 4.79 Å². The molecule has 0 fully saturated rings. The Morgan fingerprint density at radius 1 is 1.15 bits per heavy atom. The first-order chi connectivity index (χ1) is 9.62. The first kappa shape index (κ1) is 17.0. The van der Waals surface area contributed by atoms with Gasteiger partial charge in [-0.05, 0) is 30.3 Å². The first-order valence-corrected chi connectivity index (χ1v) is 8.22. The minimum Gasteiger partial charge on any atom is -0.481 e. The Hall–Kier alpha value is -1.05. The second kappa shape index (κ2) is 8.99. The van der Waals surface area contributed by atoms with Crippen LogP contribution in [0, 0.1) is 5.41 Å². The third kappa shape index (κ3) is 5.94. The van der Waals surface area contributed by atoms with E-state index in [1.165, 1.54) is 51.4 Å². The van der Waals surface area contributed by atoms with E-state index < -0.39 is 5.97 Å². The predicted octanol–water partition coefficient (Wildman–Crippen LogP) is 5.49. The van der Waals surface area contributed by atoms with Crippen molar-refractivity contribution in [3.05, 3.63) is 23.8 Å². The van der Waals surface area contributed by atoms with Crippen LogP contribution in [0.1, 0.15) is 78.1 Å². The summed E-state index contributed by atoms with van der Waals surface area (Å²) in [5.41, 5.74) is 1.22. The summed E-state index contributed by atoms with van der Waals surface area (Å²) in [7, 11) is 0. The fourth-order valence-electron chi connectivity index (χ4n) is 3.16. The van der Waals surface area contributed by atoms with Crippen LogP contribution >= 0.6 is 0 Å². The Morgan fingerprint density at radius 3 is 2.25 bits per heavy atom. The SMILES string of the molecule is CCCCCC1(CCCCC)C=C(CC(=O)O)C=CC1. The van der Waals surface area contributed by atoms with Gasteiger partial charge in [0.2, 0.25) is 0 Å². The summed E-state index contributed by atoms with van der Waals surface area (Å²) in [4.78, 5) is 10.9. The van der Waals surface area contributed by atoms with Crippen LogP contribution in [0.15, 0.2) is 23.8 Å². The number of carboxylic acids is 1. The molecule has 0 aromatic rings. The van der Waals surface area contributed by atoms with Gasteiger partial charge >= 0.3 is 5.97 Å². The Kier molecular flexibility index (Phi) is 7.64. The minimum atomic E-state index is -0.723. The molecule has 20 heavy (non-hydrogen) atoms. The van der Waals surface area contributed by atoms with Crippen molar-refractivity contribution < 1.29 is 9.90 Å². The zero-order valence-corrected chi connectivity index (χ0v) is 13.2. The van der Waals surface area contributed by atoms with Crippen LogP contribution in [0.2, 0.25) is 0 Å². The van der Waals surface area contributed by atoms with Gasteiger partial charge in [-0.1, -0.05) is 70.6 Å². The maximum atomic E-state index is 10.9. The summed E-state index contributed by atoms with van der Waals surface area (Å²) in [5.74, 6) is -0.723. The number of aliphatic carboxylic acids is 1. The predicted molar refractivity (Wildman–Crippen MR) is 84.8 cm³/mol. The van der Waals surface area contributed by atoms with E-state index in [9.17, 15) is 4.79 Å². The smallest absolute Gasteiger partial charge is 0.307 e. The van der Waals surface area contributed by atoms with Gasteiger partial charge in [0.15, 0.2) is 0 Å². The fourth-order valence-corrected chi connectivity index (χ4v) is 3.16. The number of allylic oxidation sites excluding steroid dienone is 3. The second-order valence-corrected chi connectivity index (χ2v) is 6.17. The molecule has 0 atom stereocenters. The normalized spacial score (nSPS) is 17.0. The Balaban J connectivity index is 2.72. The van der Waals surface area contributed by atoms with Gasteiger partial charge < -0.3 is 5.11 Å². The van der Waals surface area contributed by atoms with Gasteiger partial charge in [0.25, 0.3) is 0 Å². The molecule has 0 spiro atoms. The Bertz CT molecular complexity index is 342. The van der Waals surface area contributed by atoms with E-state index in [4.69, 9.17) is 5.11 Å². The molecule has 1 N–H and O–H groups in total. The van der Waals surface area contributed by atoms with Crippen molar-refractivity contribution in [2.24, 2.45) is 5.41 Å². The molecule has 0 aromatic heterocycles. The van der Waals surface area contributed by atoms with E-state index in [0.717, 1.165) is 12.0 Å². The molecule has 0 saturated carbocycles. The van der Waals surface area contributed by atoms with Crippen molar-refractivity contribution in [2.75, 3.05) is 0 Å². The van der Waals surface area contributed by atoms with Crippen LogP contribution in [-0.2, 0) is 4.79 Å². The molecule has 0 amide bonds. The number of carbonyl (C=O) groups is 1. The average molecular weight is 278 g/mol. The zero-order chi connectivity index (χ0) is 14.8. The van der Waals surface area contributed by atoms with Crippen LogP contribution in [0.3, 0.4) is 0 Å². The maximum absolute atomic E-state index is 10.9. The lowest BCUT2D eigenvalue weighted by molar-refractivity contribution is -0.136. The molecule has 2 nitrogen and oxygen atoms in total. The zero-order valence-electron chi connectivity index (χ0n) is 13.2. The van der Waals surface area contributed by atoms with E-state index in [-0.39, 0.29) is 11.8 Å². The third-order valence-corrected chi connectivity index (χ3v) is 4.26. The molecule has 1 aliphatic carbocycles. The third-order valence-electron chi connectivity index (χ3n) is 4.26. The molecule has 2 heteroatoms. The summed E-state index contributed by atoms with van der Waals surface area (Å²) in [5, 5.41) is 8.99. The molecule has 0 aromatic carbocycles. The summed E-state index contributed by atoms with van der Waals surface area (Å²) in [6.07, 6.45) is 17.7. The standard InChI is InChI=1S/C18H30O2/c1-3-5-7-11-18(12-8-6-4-2)13-9-10-16(15-18)14-17(19)20/h9-10,15H,3-8,11-14H2,1-2H3,(H,19,20). The minimum absolute atomic E-state index is 0.166. The maximum Gasteiger partial charge on any atom is 0.307 e. The van der Waals surface area contributed by atoms with Crippen molar-refractivity contribution in [1.82, 2.24) is 0 Å². The molecular formula is C18H30O2. The van der Waals surface area contributed by atoms with Crippen LogP contribution in [0.4, 0.5) is 0 Å². The van der Waals surface area contributed by atoms with E-state index in [1.807, 2.05) is 6.08 Å². The molecule has 114 valence electrons. The monoisotopic (exact) mass is 278 g/mol. The van der Waals surface area contributed by atoms with Crippen molar-refractivity contribution in [3.8, 4) is 0 Å². The molecular weight excluding hydrogens is 248 g/mol. The molecule has 1 aliphatic rings. The summed E-state index contributed by atoms with van der Waals surface area (Å²) in [6.45, 7) is 4.46. The second-order valence-electron chi connectivity index (χ2n) is 6.17. The van der Waals surface area contributed by atoms with E-state index in [1.54, 1.807) is 0 Å². The van der Waals surface area contributed by atoms with Crippen molar-refractivity contribution in [3.63, 3.8) is 0 Å². The molecule has 0 radical (unpaired) electrons. The number of hydrogen-bond donors (Lipinski definition) is 1. The Morgan fingerprint density at radius 2 is 1.75 bits per heavy atom. The van der Waals surface area contributed by atoms with Crippen LogP contribution < -0.4 is 0 Å². The lowest BCUT2D eigenvalue weighted by Gasteiger charge is -2.33. The lowest BCUT2D eigenvalue weighted by atomic mass is 9.72. The first-order valence-electron chi connectivity index (χ1n) is 8.22. The molecule has 0 aliphatic heterocycles. The highest BCUT2D eigenvalue weighted by molar-refractivity contribution is 5.71. The van der Waals surface area contributed by atoms with Crippen LogP contribution in [-0.4, -0.2) is 11.1 Å². The fraction of sp³-hybridized carbons (Fsp3) is 0.722. The summed E-state index contributed by atoms with van der Waals surface area (Å²) in [6, 6.07) is 0. The van der Waals surface area contributed by atoms with Crippen molar-refractivity contribution in [2.45, 2.75) is 78.1 Å². The molecule has 0 heterocycles. The number of rotatable bonds is 10. The summed E-state index contributed by atoms with van der Waals surface area (Å²) < 4.78 is 0. The van der Waals surface area contributed by atoms with Gasteiger partial charge in [0.05, 0.1) is 6.42 Å². The average Bonchev–Trinajstić information content (AvgIpc) is 2.39. The van der Waals surface area contributed by atoms with Crippen LogP contribution in [0.5, 0.6) is 0 Å². The quantitative estimate of drug-likeness (QED) is 0.536. The number of hydrogen-bond acceptors (Lipinski definition) is 1. The highest BCUT2D eigenvalue weighted by atomic mass is 16.4. The van der Waals surface area contributed by atoms with E-state index >= 15 is 0 Å².